The van der Waals surface area contributed by atoms with Gasteiger partial charge in [-0.1, -0.05) is 13.8 Å². The standard InChI is InChI=1S/C12H20N2O2S2/c1-9(2)12(3-4-12)8-14-18(15,16)11-5-10(6-13)7-17-11/h5,7,9,14H,3-4,6,8,13H2,1-2H3. The highest BCUT2D eigenvalue weighted by atomic mass is 32.2. The lowest BCUT2D eigenvalue weighted by atomic mass is 9.93. The number of rotatable bonds is 6. The fraction of sp³-hybridized carbons (Fsp3) is 0.667. The Morgan fingerprint density at radius 2 is 2.17 bits per heavy atom. The number of nitrogens with one attached hydrogen (secondary N) is 1. The molecule has 0 atom stereocenters. The van der Waals surface area contributed by atoms with Crippen molar-refractivity contribution >= 4 is 21.4 Å². The van der Waals surface area contributed by atoms with Gasteiger partial charge in [-0.3, -0.25) is 0 Å². The van der Waals surface area contributed by atoms with Crippen LogP contribution < -0.4 is 10.5 Å². The van der Waals surface area contributed by atoms with Crippen LogP contribution in [-0.2, 0) is 16.6 Å². The quantitative estimate of drug-likeness (QED) is 0.840. The van der Waals surface area contributed by atoms with Crippen molar-refractivity contribution in [2.75, 3.05) is 6.54 Å². The van der Waals surface area contributed by atoms with Crippen LogP contribution in [0.15, 0.2) is 15.7 Å². The first-order chi connectivity index (χ1) is 8.39. The number of nitrogens with two attached hydrogens (primary N) is 1. The molecule has 0 aromatic carbocycles. The van der Waals surface area contributed by atoms with E-state index in [0.717, 1.165) is 18.4 Å². The molecule has 3 N–H and O–H groups in total. The highest BCUT2D eigenvalue weighted by Gasteiger charge is 2.45. The summed E-state index contributed by atoms with van der Waals surface area (Å²) in [5, 5.41) is 1.80. The fourth-order valence-electron chi connectivity index (χ4n) is 2.03. The smallest absolute Gasteiger partial charge is 0.250 e. The molecule has 0 aliphatic heterocycles. The zero-order chi connectivity index (χ0) is 13.4. The first-order valence-corrected chi connectivity index (χ1v) is 8.53. The molecule has 0 unspecified atom stereocenters. The average Bonchev–Trinajstić information content (AvgIpc) is 2.96. The molecule has 102 valence electrons. The molecule has 1 saturated carbocycles. The van der Waals surface area contributed by atoms with Crippen molar-refractivity contribution in [3.63, 3.8) is 0 Å². The van der Waals surface area contributed by atoms with Crippen LogP contribution in [0.3, 0.4) is 0 Å². The van der Waals surface area contributed by atoms with Gasteiger partial charge in [-0.05, 0) is 41.2 Å². The van der Waals surface area contributed by atoms with Gasteiger partial charge in [0.05, 0.1) is 0 Å². The highest BCUT2D eigenvalue weighted by molar-refractivity contribution is 7.91. The Kier molecular flexibility index (Phi) is 3.82. The topological polar surface area (TPSA) is 72.2 Å². The van der Waals surface area contributed by atoms with E-state index < -0.39 is 10.0 Å². The van der Waals surface area contributed by atoms with Crippen LogP contribution in [0.25, 0.3) is 0 Å². The van der Waals surface area contributed by atoms with Gasteiger partial charge in [-0.25, -0.2) is 13.1 Å². The predicted octanol–water partition coefficient (Wildman–Crippen LogP) is 1.92. The lowest BCUT2D eigenvalue weighted by Gasteiger charge is -2.19. The van der Waals surface area contributed by atoms with Crippen molar-refractivity contribution in [2.24, 2.45) is 17.1 Å². The van der Waals surface area contributed by atoms with Gasteiger partial charge in [0.25, 0.3) is 0 Å². The maximum Gasteiger partial charge on any atom is 0.250 e. The van der Waals surface area contributed by atoms with Gasteiger partial charge in [-0.15, -0.1) is 11.3 Å². The van der Waals surface area contributed by atoms with E-state index in [1.165, 1.54) is 11.3 Å². The summed E-state index contributed by atoms with van der Waals surface area (Å²) in [7, 11) is -3.36. The van der Waals surface area contributed by atoms with Gasteiger partial charge in [0.2, 0.25) is 10.0 Å². The summed E-state index contributed by atoms with van der Waals surface area (Å²) in [6.07, 6.45) is 2.23. The maximum atomic E-state index is 12.1. The van der Waals surface area contributed by atoms with E-state index in [9.17, 15) is 8.42 Å². The van der Waals surface area contributed by atoms with Crippen LogP contribution in [0.1, 0.15) is 32.3 Å². The minimum atomic E-state index is -3.36. The summed E-state index contributed by atoms with van der Waals surface area (Å²) in [5.74, 6) is 0.517. The predicted molar refractivity (Wildman–Crippen MR) is 73.9 cm³/mol. The summed E-state index contributed by atoms with van der Waals surface area (Å²) in [6.45, 7) is 5.22. The molecule has 1 heterocycles. The van der Waals surface area contributed by atoms with E-state index in [0.29, 0.717) is 23.2 Å². The van der Waals surface area contributed by atoms with Gasteiger partial charge >= 0.3 is 0 Å². The third-order valence-corrected chi connectivity index (χ3v) is 6.75. The summed E-state index contributed by atoms with van der Waals surface area (Å²) in [5.41, 5.74) is 6.54. The second-order valence-corrected chi connectivity index (χ2v) is 8.22. The first-order valence-electron chi connectivity index (χ1n) is 6.17. The van der Waals surface area contributed by atoms with Gasteiger partial charge in [-0.2, -0.15) is 0 Å². The molecule has 1 aromatic rings. The van der Waals surface area contributed by atoms with E-state index in [2.05, 4.69) is 18.6 Å². The van der Waals surface area contributed by atoms with Crippen molar-refractivity contribution in [3.05, 3.63) is 17.0 Å². The molecule has 1 aromatic heterocycles. The zero-order valence-corrected chi connectivity index (χ0v) is 12.4. The molecule has 1 fully saturated rings. The monoisotopic (exact) mass is 288 g/mol. The molecule has 1 aliphatic carbocycles. The van der Waals surface area contributed by atoms with Crippen molar-refractivity contribution < 1.29 is 8.42 Å². The second-order valence-electron chi connectivity index (χ2n) is 5.32. The third-order valence-electron chi connectivity index (χ3n) is 3.86. The van der Waals surface area contributed by atoms with Crippen LogP contribution in [-0.4, -0.2) is 15.0 Å². The van der Waals surface area contributed by atoms with Crippen molar-refractivity contribution in [1.29, 1.82) is 0 Å². The Morgan fingerprint density at radius 1 is 1.50 bits per heavy atom. The Balaban J connectivity index is 2.04. The molecule has 0 radical (unpaired) electrons. The van der Waals surface area contributed by atoms with E-state index in [4.69, 9.17) is 5.73 Å². The Hall–Kier alpha value is -0.430. The molecule has 0 bridgehead atoms. The normalized spacial score (nSPS) is 18.2. The molecular weight excluding hydrogens is 268 g/mol. The number of thiophene rings is 1. The second kappa shape index (κ2) is 4.92. The number of sulfonamides is 1. The molecule has 4 nitrogen and oxygen atoms in total. The van der Waals surface area contributed by atoms with E-state index >= 15 is 0 Å². The Labute approximate surface area is 113 Å². The lowest BCUT2D eigenvalue weighted by Crippen LogP contribution is -2.32. The minimum Gasteiger partial charge on any atom is -0.326 e. The van der Waals surface area contributed by atoms with Crippen LogP contribution >= 0.6 is 11.3 Å². The summed E-state index contributed by atoms with van der Waals surface area (Å²) < 4.78 is 27.3. The first kappa shape index (κ1) is 14.0. The van der Waals surface area contributed by atoms with Crippen molar-refractivity contribution in [3.8, 4) is 0 Å². The summed E-state index contributed by atoms with van der Waals surface area (Å²) in [4.78, 5) is 0. The molecule has 0 amide bonds. The maximum absolute atomic E-state index is 12.1. The number of hydrogen-bond donors (Lipinski definition) is 2. The molecule has 0 spiro atoms. The molecule has 1 aliphatic rings. The molecular formula is C12H20N2O2S2. The van der Waals surface area contributed by atoms with Gasteiger partial charge in [0.15, 0.2) is 0 Å². The van der Waals surface area contributed by atoms with Crippen LogP contribution in [0.5, 0.6) is 0 Å². The molecule has 2 rings (SSSR count). The average molecular weight is 288 g/mol. The van der Waals surface area contributed by atoms with Gasteiger partial charge in [0.1, 0.15) is 4.21 Å². The van der Waals surface area contributed by atoms with Crippen LogP contribution in [0.4, 0.5) is 0 Å². The van der Waals surface area contributed by atoms with E-state index in [1.807, 2.05) is 0 Å². The van der Waals surface area contributed by atoms with Crippen LogP contribution in [0.2, 0.25) is 0 Å². The molecule has 0 saturated heterocycles. The summed E-state index contributed by atoms with van der Waals surface area (Å²) >= 11 is 1.23. The Morgan fingerprint density at radius 3 is 2.61 bits per heavy atom. The fourth-order valence-corrected chi connectivity index (χ4v) is 4.44. The van der Waals surface area contributed by atoms with Crippen LogP contribution in [0, 0.1) is 11.3 Å². The van der Waals surface area contributed by atoms with Gasteiger partial charge in [0, 0.05) is 13.1 Å². The Bertz CT molecular complexity index is 516. The number of hydrogen-bond acceptors (Lipinski definition) is 4. The van der Waals surface area contributed by atoms with Crippen molar-refractivity contribution in [2.45, 2.75) is 37.4 Å². The molecule has 6 heteroatoms. The SMILES string of the molecule is CC(C)C1(CNS(=O)(=O)c2cc(CN)cs2)CC1. The third kappa shape index (κ3) is 2.77. The lowest BCUT2D eigenvalue weighted by molar-refractivity contribution is 0.357. The molecule has 18 heavy (non-hydrogen) atoms. The van der Waals surface area contributed by atoms with Crippen molar-refractivity contribution in [1.82, 2.24) is 4.72 Å². The largest absolute Gasteiger partial charge is 0.326 e. The summed E-state index contributed by atoms with van der Waals surface area (Å²) in [6, 6.07) is 1.65. The van der Waals surface area contributed by atoms with E-state index in [-0.39, 0.29) is 5.41 Å². The highest BCUT2D eigenvalue weighted by Crippen LogP contribution is 2.51. The van der Waals surface area contributed by atoms with E-state index in [1.54, 1.807) is 11.4 Å². The zero-order valence-electron chi connectivity index (χ0n) is 10.8. The minimum absolute atomic E-state index is 0.182. The van der Waals surface area contributed by atoms with Gasteiger partial charge < -0.3 is 5.73 Å².